The third-order valence-corrected chi connectivity index (χ3v) is 3.61. The van der Waals surface area contributed by atoms with E-state index in [1.165, 1.54) is 6.33 Å². The second-order valence-corrected chi connectivity index (χ2v) is 4.64. The third-order valence-electron chi connectivity index (χ3n) is 3.61. The number of carbonyl (C=O) groups excluding carboxylic acids is 1. The van der Waals surface area contributed by atoms with Gasteiger partial charge in [-0.15, -0.1) is 0 Å². The van der Waals surface area contributed by atoms with Crippen molar-refractivity contribution < 1.29 is 14.7 Å². The Balaban J connectivity index is 2.09. The first-order chi connectivity index (χ1) is 9.68. The van der Waals surface area contributed by atoms with Crippen molar-refractivity contribution in [2.75, 3.05) is 6.54 Å². The van der Waals surface area contributed by atoms with Crippen LogP contribution in [0.15, 0.2) is 36.7 Å². The Morgan fingerprint density at radius 2 is 2.10 bits per heavy atom. The van der Waals surface area contributed by atoms with E-state index in [9.17, 15) is 14.7 Å². The summed E-state index contributed by atoms with van der Waals surface area (Å²) in [7, 11) is 0. The average Bonchev–Trinajstić information content (AvgIpc) is 2.79. The summed E-state index contributed by atoms with van der Waals surface area (Å²) in [5.74, 6) is -1.21. The Hall–Kier alpha value is -2.89. The Bertz CT molecular complexity index is 804. The molecule has 0 unspecified atom stereocenters. The van der Waals surface area contributed by atoms with Gasteiger partial charge in [0.25, 0.3) is 5.91 Å². The summed E-state index contributed by atoms with van der Waals surface area (Å²) in [5, 5.41) is 9.26. The SMILES string of the molecule is O=C(O)c1ncn2c1C1=CCN1C(=O)c1ccccc1-2. The number of carboxylic acids is 1. The highest BCUT2D eigenvalue weighted by molar-refractivity contribution is 6.07. The number of hydrogen-bond donors (Lipinski definition) is 1. The lowest BCUT2D eigenvalue weighted by Gasteiger charge is -2.30. The van der Waals surface area contributed by atoms with Crippen molar-refractivity contribution in [3.05, 3.63) is 53.6 Å². The zero-order chi connectivity index (χ0) is 13.9. The molecule has 2 aliphatic heterocycles. The molecule has 4 rings (SSSR count). The zero-order valence-electron chi connectivity index (χ0n) is 10.3. The number of hydrogen-bond acceptors (Lipinski definition) is 3. The molecule has 6 nitrogen and oxygen atoms in total. The number of aromatic nitrogens is 2. The molecule has 0 fully saturated rings. The molecule has 0 radical (unpaired) electrons. The summed E-state index contributed by atoms with van der Waals surface area (Å²) >= 11 is 0. The minimum absolute atomic E-state index is 0.0366. The maximum atomic E-state index is 12.4. The summed E-state index contributed by atoms with van der Waals surface area (Å²) < 4.78 is 1.67. The molecule has 0 aliphatic carbocycles. The lowest BCUT2D eigenvalue weighted by atomic mass is 10.1. The molecule has 20 heavy (non-hydrogen) atoms. The quantitative estimate of drug-likeness (QED) is 0.847. The number of aromatic carboxylic acids is 1. The van der Waals surface area contributed by atoms with Crippen molar-refractivity contribution in [3.8, 4) is 5.69 Å². The topological polar surface area (TPSA) is 75.4 Å². The van der Waals surface area contributed by atoms with Gasteiger partial charge in [-0.3, -0.25) is 9.36 Å². The maximum absolute atomic E-state index is 12.4. The highest BCUT2D eigenvalue weighted by Gasteiger charge is 2.36. The van der Waals surface area contributed by atoms with E-state index in [2.05, 4.69) is 4.98 Å². The van der Waals surface area contributed by atoms with Gasteiger partial charge in [0.2, 0.25) is 0 Å². The van der Waals surface area contributed by atoms with Crippen LogP contribution in [0.2, 0.25) is 0 Å². The van der Waals surface area contributed by atoms with Crippen LogP contribution in [0.4, 0.5) is 0 Å². The lowest BCUT2D eigenvalue weighted by molar-refractivity contribution is 0.0688. The van der Waals surface area contributed by atoms with Crippen molar-refractivity contribution in [3.63, 3.8) is 0 Å². The number of carboxylic acid groups (broad SMARTS) is 1. The molecule has 1 N–H and O–H groups in total. The molecule has 2 aliphatic rings. The maximum Gasteiger partial charge on any atom is 0.356 e. The van der Waals surface area contributed by atoms with Gasteiger partial charge in [0.1, 0.15) is 12.0 Å². The number of fused-ring (bicyclic) bond motifs is 5. The molecule has 0 saturated heterocycles. The minimum atomic E-state index is -1.10. The van der Waals surface area contributed by atoms with Crippen molar-refractivity contribution >= 4 is 17.6 Å². The molecule has 1 amide bonds. The smallest absolute Gasteiger partial charge is 0.356 e. The van der Waals surface area contributed by atoms with Crippen LogP contribution in [0, 0.1) is 0 Å². The van der Waals surface area contributed by atoms with Gasteiger partial charge in [0.15, 0.2) is 5.69 Å². The fourth-order valence-electron chi connectivity index (χ4n) is 2.63. The number of benzene rings is 1. The number of rotatable bonds is 1. The predicted octanol–water partition coefficient (Wildman–Crippen LogP) is 1.38. The van der Waals surface area contributed by atoms with Gasteiger partial charge >= 0.3 is 5.97 Å². The number of imidazole rings is 1. The first-order valence-electron chi connectivity index (χ1n) is 6.11. The van der Waals surface area contributed by atoms with Gasteiger partial charge < -0.3 is 10.0 Å². The van der Waals surface area contributed by atoms with Gasteiger partial charge in [-0.25, -0.2) is 9.78 Å². The van der Waals surface area contributed by atoms with E-state index in [-0.39, 0.29) is 11.6 Å². The summed E-state index contributed by atoms with van der Waals surface area (Å²) in [4.78, 5) is 29.3. The molecular weight excluding hydrogens is 258 g/mol. The third kappa shape index (κ3) is 1.20. The molecule has 6 heteroatoms. The summed E-state index contributed by atoms with van der Waals surface area (Å²) in [6, 6.07) is 7.13. The van der Waals surface area contributed by atoms with Gasteiger partial charge in [-0.05, 0) is 18.2 Å². The van der Waals surface area contributed by atoms with E-state index in [1.807, 2.05) is 12.1 Å². The molecule has 0 atom stereocenters. The first kappa shape index (κ1) is 11.0. The molecule has 2 aromatic rings. The van der Waals surface area contributed by atoms with Crippen LogP contribution < -0.4 is 0 Å². The molecule has 0 spiro atoms. The van der Waals surface area contributed by atoms with Crippen LogP contribution in [-0.4, -0.2) is 38.0 Å². The van der Waals surface area contributed by atoms with Crippen LogP contribution in [-0.2, 0) is 0 Å². The fraction of sp³-hybridized carbons (Fsp3) is 0.0714. The monoisotopic (exact) mass is 267 g/mol. The van der Waals surface area contributed by atoms with E-state index >= 15 is 0 Å². The summed E-state index contributed by atoms with van der Waals surface area (Å²) in [5.41, 5.74) is 2.24. The highest BCUT2D eigenvalue weighted by Crippen LogP contribution is 2.36. The van der Waals surface area contributed by atoms with Gasteiger partial charge in [-0.1, -0.05) is 12.1 Å². The number of amides is 1. The van der Waals surface area contributed by atoms with Crippen LogP contribution in [0.1, 0.15) is 26.5 Å². The van der Waals surface area contributed by atoms with E-state index in [4.69, 9.17) is 0 Å². The number of nitrogens with zero attached hydrogens (tertiary/aromatic N) is 3. The highest BCUT2D eigenvalue weighted by atomic mass is 16.4. The van der Waals surface area contributed by atoms with E-state index in [1.54, 1.807) is 27.7 Å². The molecule has 1 aromatic heterocycles. The molecule has 1 aromatic carbocycles. The predicted molar refractivity (Wildman–Crippen MR) is 69.5 cm³/mol. The normalized spacial score (nSPS) is 15.5. The number of para-hydroxylation sites is 1. The van der Waals surface area contributed by atoms with Crippen LogP contribution in [0.25, 0.3) is 11.4 Å². The second kappa shape index (κ2) is 3.57. The van der Waals surface area contributed by atoms with Crippen LogP contribution in [0.5, 0.6) is 0 Å². The van der Waals surface area contributed by atoms with Crippen molar-refractivity contribution in [2.24, 2.45) is 0 Å². The van der Waals surface area contributed by atoms with Gasteiger partial charge in [-0.2, -0.15) is 0 Å². The van der Waals surface area contributed by atoms with Crippen LogP contribution in [0.3, 0.4) is 0 Å². The Morgan fingerprint density at radius 3 is 2.80 bits per heavy atom. The van der Waals surface area contributed by atoms with E-state index in [0.717, 1.165) is 0 Å². The number of carbonyl (C=O) groups is 2. The van der Waals surface area contributed by atoms with Crippen molar-refractivity contribution in [2.45, 2.75) is 0 Å². The molecule has 98 valence electrons. The Labute approximate surface area is 113 Å². The van der Waals surface area contributed by atoms with E-state index in [0.29, 0.717) is 29.2 Å². The Morgan fingerprint density at radius 1 is 1.30 bits per heavy atom. The van der Waals surface area contributed by atoms with Gasteiger partial charge in [0.05, 0.1) is 16.9 Å². The minimum Gasteiger partial charge on any atom is -0.476 e. The molecule has 0 saturated carbocycles. The van der Waals surface area contributed by atoms with Crippen molar-refractivity contribution in [1.29, 1.82) is 0 Å². The molecular formula is C14H9N3O3. The van der Waals surface area contributed by atoms with E-state index < -0.39 is 5.97 Å². The Kier molecular flexibility index (Phi) is 1.96. The largest absolute Gasteiger partial charge is 0.476 e. The van der Waals surface area contributed by atoms with Crippen molar-refractivity contribution in [1.82, 2.24) is 14.5 Å². The average molecular weight is 267 g/mol. The summed E-state index contributed by atoms with van der Waals surface area (Å²) in [6.07, 6.45) is 3.29. The summed E-state index contributed by atoms with van der Waals surface area (Å²) in [6.45, 7) is 0.493. The first-order valence-corrected chi connectivity index (χ1v) is 6.11. The lowest BCUT2D eigenvalue weighted by Crippen LogP contribution is -2.35. The molecule has 0 bridgehead atoms. The molecule has 3 heterocycles. The van der Waals surface area contributed by atoms with Gasteiger partial charge in [0, 0.05) is 6.54 Å². The zero-order valence-corrected chi connectivity index (χ0v) is 10.3. The second-order valence-electron chi connectivity index (χ2n) is 4.64. The van der Waals surface area contributed by atoms with Crippen LogP contribution >= 0.6 is 0 Å². The fourth-order valence-corrected chi connectivity index (χ4v) is 2.63. The standard InChI is InChI=1S/C14H9N3O3/c18-13-8-3-1-2-4-9(8)17-7-15-11(14(19)20)12(17)10-5-6-16(10)13/h1-5,7H,6H2,(H,19,20).